The highest BCUT2D eigenvalue weighted by Crippen LogP contribution is 2.29. The van der Waals surface area contributed by atoms with Crippen LogP contribution in [0.3, 0.4) is 0 Å². The number of halogens is 1. The van der Waals surface area contributed by atoms with E-state index >= 15 is 0 Å². The number of ether oxygens (including phenoxy) is 1. The molecule has 2 rings (SSSR count). The number of aliphatic hydroxyl groups is 1. The number of rotatable bonds is 3. The number of benzene rings is 1. The van der Waals surface area contributed by atoms with E-state index < -0.39 is 11.7 Å². The minimum absolute atomic E-state index is 0.0209. The molecule has 1 heterocycles. The van der Waals surface area contributed by atoms with Crippen molar-refractivity contribution in [2.75, 3.05) is 6.54 Å². The lowest BCUT2D eigenvalue weighted by Gasteiger charge is -2.37. The van der Waals surface area contributed by atoms with Crippen molar-refractivity contribution in [3.8, 4) is 0 Å². The van der Waals surface area contributed by atoms with Gasteiger partial charge in [0, 0.05) is 17.1 Å². The highest BCUT2D eigenvalue weighted by molar-refractivity contribution is 9.10. The summed E-state index contributed by atoms with van der Waals surface area (Å²) < 4.78 is 6.46. The summed E-state index contributed by atoms with van der Waals surface area (Å²) in [5.74, 6) is 0. The van der Waals surface area contributed by atoms with Crippen LogP contribution in [0, 0.1) is 0 Å². The second-order valence-electron chi connectivity index (χ2n) is 7.13. The number of aliphatic hydroxyl groups excluding tert-OH is 1. The molecule has 0 radical (unpaired) electrons. The van der Waals surface area contributed by atoms with Gasteiger partial charge in [0.25, 0.3) is 0 Å². The first kappa shape index (κ1) is 18.3. The van der Waals surface area contributed by atoms with E-state index in [-0.39, 0.29) is 12.1 Å². The Bertz CT molecular complexity index is 541. The van der Waals surface area contributed by atoms with E-state index in [9.17, 15) is 9.90 Å². The third-order valence-electron chi connectivity index (χ3n) is 3.98. The molecule has 1 fully saturated rings. The van der Waals surface area contributed by atoms with Gasteiger partial charge in [-0.15, -0.1) is 0 Å². The van der Waals surface area contributed by atoms with Gasteiger partial charge >= 0.3 is 6.09 Å². The van der Waals surface area contributed by atoms with Crippen LogP contribution >= 0.6 is 15.9 Å². The minimum Gasteiger partial charge on any atom is -0.444 e. The number of nitrogens with zero attached hydrogens (tertiary/aromatic N) is 1. The van der Waals surface area contributed by atoms with Gasteiger partial charge in [-0.05, 0) is 64.2 Å². The zero-order valence-corrected chi connectivity index (χ0v) is 15.7. The summed E-state index contributed by atoms with van der Waals surface area (Å²) >= 11 is 3.43. The van der Waals surface area contributed by atoms with Crippen LogP contribution in [0.25, 0.3) is 0 Å². The van der Waals surface area contributed by atoms with Crippen molar-refractivity contribution in [2.24, 2.45) is 0 Å². The summed E-state index contributed by atoms with van der Waals surface area (Å²) in [5.41, 5.74) is 0.372. The number of piperidine rings is 1. The second-order valence-corrected chi connectivity index (χ2v) is 8.05. The Morgan fingerprint density at radius 3 is 2.83 bits per heavy atom. The van der Waals surface area contributed by atoms with Crippen LogP contribution in [0.5, 0.6) is 0 Å². The van der Waals surface area contributed by atoms with Crippen LogP contribution in [0.2, 0.25) is 0 Å². The molecule has 0 aliphatic carbocycles. The van der Waals surface area contributed by atoms with E-state index in [0.717, 1.165) is 29.3 Å². The van der Waals surface area contributed by atoms with Crippen LogP contribution in [0.15, 0.2) is 28.7 Å². The second kappa shape index (κ2) is 7.67. The Kier molecular flexibility index (Phi) is 6.09. The van der Waals surface area contributed by atoms with Crippen molar-refractivity contribution in [2.45, 2.75) is 64.2 Å². The molecule has 0 spiro atoms. The molecule has 2 atom stereocenters. The highest BCUT2D eigenvalue weighted by Gasteiger charge is 2.31. The lowest BCUT2D eigenvalue weighted by atomic mass is 9.94. The Morgan fingerprint density at radius 2 is 2.17 bits per heavy atom. The van der Waals surface area contributed by atoms with Gasteiger partial charge in [0.1, 0.15) is 5.60 Å². The first-order chi connectivity index (χ1) is 10.8. The van der Waals surface area contributed by atoms with E-state index in [1.807, 2.05) is 45.0 Å². The monoisotopic (exact) mass is 383 g/mol. The van der Waals surface area contributed by atoms with Crippen LogP contribution in [-0.2, 0) is 4.74 Å². The molecule has 1 aromatic carbocycles. The van der Waals surface area contributed by atoms with Gasteiger partial charge in [0.2, 0.25) is 0 Å². The summed E-state index contributed by atoms with van der Waals surface area (Å²) in [6.07, 6.45) is 2.65. The van der Waals surface area contributed by atoms with Gasteiger partial charge in [0.05, 0.1) is 6.10 Å². The number of carbonyl (C=O) groups excluding carboxylic acids is 1. The van der Waals surface area contributed by atoms with Crippen molar-refractivity contribution < 1.29 is 14.6 Å². The average molecular weight is 384 g/mol. The van der Waals surface area contributed by atoms with E-state index in [4.69, 9.17) is 4.74 Å². The summed E-state index contributed by atoms with van der Waals surface area (Å²) in [6.45, 7) is 6.32. The Labute approximate surface area is 147 Å². The van der Waals surface area contributed by atoms with Crippen molar-refractivity contribution in [1.82, 2.24) is 4.90 Å². The molecule has 0 bridgehead atoms. The standard InChI is InChI=1S/C18H26BrNO3/c1-18(2,3)23-17(22)20-10-5-4-9-15(20)12-16(21)13-7-6-8-14(19)11-13/h6-8,11,15-16,21H,4-5,9-10,12H2,1-3H3. The topological polar surface area (TPSA) is 49.8 Å². The molecule has 4 nitrogen and oxygen atoms in total. The van der Waals surface area contributed by atoms with Crippen LogP contribution in [0.1, 0.15) is 58.1 Å². The predicted octanol–water partition coefficient (Wildman–Crippen LogP) is 4.66. The Hall–Kier alpha value is -1.07. The smallest absolute Gasteiger partial charge is 0.410 e. The molecule has 2 unspecified atom stereocenters. The fraction of sp³-hybridized carbons (Fsp3) is 0.611. The fourth-order valence-corrected chi connectivity index (χ4v) is 3.33. The largest absolute Gasteiger partial charge is 0.444 e. The van der Waals surface area contributed by atoms with E-state index in [0.29, 0.717) is 13.0 Å². The molecule has 1 aliphatic heterocycles. The Morgan fingerprint density at radius 1 is 1.43 bits per heavy atom. The summed E-state index contributed by atoms with van der Waals surface area (Å²) in [7, 11) is 0. The normalized spacial score (nSPS) is 20.2. The van der Waals surface area contributed by atoms with Crippen molar-refractivity contribution in [1.29, 1.82) is 0 Å². The van der Waals surface area contributed by atoms with Gasteiger partial charge < -0.3 is 14.7 Å². The molecular formula is C18H26BrNO3. The molecule has 1 saturated heterocycles. The number of likely N-dealkylation sites (tertiary alicyclic amines) is 1. The van der Waals surface area contributed by atoms with Gasteiger partial charge in [-0.1, -0.05) is 28.1 Å². The molecular weight excluding hydrogens is 358 g/mol. The molecule has 1 N–H and O–H groups in total. The molecule has 5 heteroatoms. The van der Waals surface area contributed by atoms with Crippen LogP contribution in [-0.4, -0.2) is 34.3 Å². The SMILES string of the molecule is CC(C)(C)OC(=O)N1CCCCC1CC(O)c1cccc(Br)c1. The maximum Gasteiger partial charge on any atom is 0.410 e. The third-order valence-corrected chi connectivity index (χ3v) is 4.48. The maximum atomic E-state index is 12.4. The molecule has 23 heavy (non-hydrogen) atoms. The van der Waals surface area contributed by atoms with Crippen molar-refractivity contribution in [3.05, 3.63) is 34.3 Å². The van der Waals surface area contributed by atoms with Gasteiger partial charge in [0.15, 0.2) is 0 Å². The van der Waals surface area contributed by atoms with Crippen LogP contribution in [0.4, 0.5) is 4.79 Å². The predicted molar refractivity (Wildman–Crippen MR) is 94.3 cm³/mol. The molecule has 1 aliphatic rings. The lowest BCUT2D eigenvalue weighted by Crippen LogP contribution is -2.46. The fourth-order valence-electron chi connectivity index (χ4n) is 2.91. The number of hydrogen-bond acceptors (Lipinski definition) is 3. The summed E-state index contributed by atoms with van der Waals surface area (Å²) in [4.78, 5) is 14.2. The van der Waals surface area contributed by atoms with E-state index in [1.165, 1.54) is 0 Å². The zero-order valence-electron chi connectivity index (χ0n) is 14.1. The maximum absolute atomic E-state index is 12.4. The van der Waals surface area contributed by atoms with Gasteiger partial charge in [-0.25, -0.2) is 4.79 Å². The number of hydrogen-bond donors (Lipinski definition) is 1. The highest BCUT2D eigenvalue weighted by atomic mass is 79.9. The first-order valence-electron chi connectivity index (χ1n) is 8.19. The quantitative estimate of drug-likeness (QED) is 0.825. The first-order valence-corrected chi connectivity index (χ1v) is 8.99. The zero-order chi connectivity index (χ0) is 17.0. The summed E-state index contributed by atoms with van der Waals surface area (Å²) in [5, 5.41) is 10.5. The Balaban J connectivity index is 2.05. The molecule has 0 aromatic heterocycles. The van der Waals surface area contributed by atoms with Crippen LogP contribution < -0.4 is 0 Å². The van der Waals surface area contributed by atoms with Crippen molar-refractivity contribution in [3.63, 3.8) is 0 Å². The third kappa shape index (κ3) is 5.50. The molecule has 1 amide bonds. The van der Waals surface area contributed by atoms with E-state index in [1.54, 1.807) is 4.90 Å². The number of carbonyl (C=O) groups is 1. The minimum atomic E-state index is -0.583. The average Bonchev–Trinajstić information content (AvgIpc) is 2.46. The van der Waals surface area contributed by atoms with Crippen molar-refractivity contribution >= 4 is 22.0 Å². The lowest BCUT2D eigenvalue weighted by molar-refractivity contribution is 0.00237. The van der Waals surface area contributed by atoms with E-state index in [2.05, 4.69) is 15.9 Å². The molecule has 0 saturated carbocycles. The molecule has 128 valence electrons. The number of amides is 1. The van der Waals surface area contributed by atoms with Gasteiger partial charge in [-0.3, -0.25) is 0 Å². The molecule has 1 aromatic rings. The van der Waals surface area contributed by atoms with Gasteiger partial charge in [-0.2, -0.15) is 0 Å². The summed E-state index contributed by atoms with van der Waals surface area (Å²) in [6, 6.07) is 7.70.